The van der Waals surface area contributed by atoms with Gasteiger partial charge in [0.1, 0.15) is 11.6 Å². The summed E-state index contributed by atoms with van der Waals surface area (Å²) < 4.78 is 5.53. The van der Waals surface area contributed by atoms with Crippen LogP contribution in [0, 0.1) is 5.41 Å². The molecule has 2 aliphatic rings. The third kappa shape index (κ3) is 4.13. The molecule has 4 rings (SSSR count). The van der Waals surface area contributed by atoms with E-state index in [1.165, 1.54) is 6.20 Å². The Kier molecular flexibility index (Phi) is 5.68. The van der Waals surface area contributed by atoms with Gasteiger partial charge in [-0.3, -0.25) is 4.79 Å². The first kappa shape index (κ1) is 21.3. The number of aromatic amines is 1. The number of aliphatic hydroxyl groups is 3. The van der Waals surface area contributed by atoms with E-state index in [2.05, 4.69) is 15.0 Å². The molecule has 4 heterocycles. The lowest BCUT2D eigenvalue weighted by molar-refractivity contribution is -0.326. The van der Waals surface area contributed by atoms with E-state index in [4.69, 9.17) is 22.1 Å². The molecule has 2 aromatic rings. The van der Waals surface area contributed by atoms with Gasteiger partial charge in [-0.15, -0.1) is 0 Å². The Balaban J connectivity index is 1.66. The number of aromatic nitrogens is 3. The zero-order valence-electron chi connectivity index (χ0n) is 16.0. The number of rotatable bonds is 4. The number of nitrogens with two attached hydrogens (primary N) is 1. The normalized spacial score (nSPS) is 18.9. The van der Waals surface area contributed by atoms with Gasteiger partial charge in [0.15, 0.2) is 10.7 Å². The number of nitrogens with one attached hydrogen (secondary N) is 1. The Bertz CT molecular complexity index is 995. The van der Waals surface area contributed by atoms with Gasteiger partial charge in [-0.25, -0.2) is 9.97 Å². The molecule has 0 aromatic carbocycles. The fourth-order valence-corrected chi connectivity index (χ4v) is 4.87. The minimum atomic E-state index is -3.23. The van der Waals surface area contributed by atoms with Crippen LogP contribution in [0.1, 0.15) is 25.0 Å². The highest BCUT2D eigenvalue weighted by atomic mass is 35.5. The second-order valence-electron chi connectivity index (χ2n) is 7.60. The number of anilines is 2. The molecule has 0 unspecified atom stereocenters. The largest absolute Gasteiger partial charge is 0.382 e. The van der Waals surface area contributed by atoms with E-state index in [-0.39, 0.29) is 27.1 Å². The van der Waals surface area contributed by atoms with Gasteiger partial charge in [0.05, 0.1) is 11.6 Å². The van der Waals surface area contributed by atoms with Crippen LogP contribution >= 0.6 is 23.4 Å². The average molecular weight is 456 g/mol. The number of hydrogen-bond donors (Lipinski definition) is 5. The summed E-state index contributed by atoms with van der Waals surface area (Å²) in [6.07, 6.45) is 4.06. The number of pyridine rings is 1. The molecule has 6 N–H and O–H groups in total. The van der Waals surface area contributed by atoms with Crippen LogP contribution < -0.4 is 16.2 Å². The van der Waals surface area contributed by atoms with Gasteiger partial charge in [-0.2, -0.15) is 0 Å². The third-order valence-corrected chi connectivity index (χ3v) is 7.13. The number of nitrogens with zero attached hydrogens (tertiary/aromatic N) is 3. The molecule has 2 aliphatic heterocycles. The lowest BCUT2D eigenvalue weighted by atomic mass is 9.78. The van der Waals surface area contributed by atoms with Crippen molar-refractivity contribution in [2.24, 2.45) is 5.41 Å². The van der Waals surface area contributed by atoms with Gasteiger partial charge in [0.25, 0.3) is 5.56 Å². The van der Waals surface area contributed by atoms with Crippen molar-refractivity contribution in [2.75, 3.05) is 36.9 Å². The predicted molar refractivity (Wildman–Crippen MR) is 110 cm³/mol. The Morgan fingerprint density at radius 1 is 1.30 bits per heavy atom. The fourth-order valence-electron chi connectivity index (χ4n) is 3.83. The van der Waals surface area contributed by atoms with Gasteiger partial charge in [0.2, 0.25) is 0 Å². The summed E-state index contributed by atoms with van der Waals surface area (Å²) in [5.74, 6) is -3.07. The first-order valence-corrected chi connectivity index (χ1v) is 10.6. The molecule has 12 heteroatoms. The molecule has 2 aromatic heterocycles. The minimum absolute atomic E-state index is 0.0750. The van der Waals surface area contributed by atoms with Crippen molar-refractivity contribution in [3.05, 3.63) is 33.3 Å². The number of halogens is 1. The number of piperidine rings is 1. The quantitative estimate of drug-likeness (QED) is 0.414. The lowest BCUT2D eigenvalue weighted by Crippen LogP contribution is -2.43. The molecule has 0 saturated carbocycles. The van der Waals surface area contributed by atoms with E-state index in [1.807, 2.05) is 0 Å². The molecule has 10 nitrogen and oxygen atoms in total. The van der Waals surface area contributed by atoms with Crippen molar-refractivity contribution >= 4 is 35.0 Å². The zero-order valence-corrected chi connectivity index (χ0v) is 17.5. The first-order valence-electron chi connectivity index (χ1n) is 9.41. The molecule has 2 fully saturated rings. The number of nitrogen functional groups attached to an aromatic ring is 1. The van der Waals surface area contributed by atoms with Crippen LogP contribution in [-0.2, 0) is 10.7 Å². The summed E-state index contributed by atoms with van der Waals surface area (Å²) in [5.41, 5.74) is 4.79. The van der Waals surface area contributed by atoms with Crippen LogP contribution in [0.15, 0.2) is 27.0 Å². The Labute approximate surface area is 181 Å². The standard InChI is InChI=1S/C18H22ClN5O5S/c19-11-10(1-5-21-13(11)20)30-16-15(25)23-14(12(22-16)18(26,27)28)24-6-2-17(3-7-24)4-8-29-9-17/h1,5,26-28H,2-4,6-9H2,(H2,20,21)(H,23,25). The molecule has 2 saturated heterocycles. The van der Waals surface area contributed by atoms with E-state index >= 15 is 0 Å². The van der Waals surface area contributed by atoms with E-state index in [0.717, 1.165) is 37.6 Å². The highest BCUT2D eigenvalue weighted by Crippen LogP contribution is 2.41. The zero-order chi connectivity index (χ0) is 21.5. The lowest BCUT2D eigenvalue weighted by Gasteiger charge is -2.39. The Morgan fingerprint density at radius 2 is 2.03 bits per heavy atom. The number of H-pyrrole nitrogens is 1. The number of ether oxygens (including phenoxy) is 1. The predicted octanol–water partition coefficient (Wildman–Crippen LogP) is 0.646. The van der Waals surface area contributed by atoms with Crippen molar-refractivity contribution in [3.63, 3.8) is 0 Å². The topological polar surface area (TPSA) is 158 Å². The Morgan fingerprint density at radius 3 is 2.67 bits per heavy atom. The molecule has 0 aliphatic carbocycles. The molecule has 0 bridgehead atoms. The molecule has 1 spiro atoms. The van der Waals surface area contributed by atoms with E-state index < -0.39 is 17.2 Å². The van der Waals surface area contributed by atoms with Crippen LogP contribution in [0.5, 0.6) is 0 Å². The highest BCUT2D eigenvalue weighted by Gasteiger charge is 2.40. The van der Waals surface area contributed by atoms with Gasteiger partial charge in [-0.05, 0) is 30.7 Å². The average Bonchev–Trinajstić information content (AvgIpc) is 3.14. The molecule has 0 atom stereocenters. The Hall–Kier alpha value is -1.89. The maximum atomic E-state index is 12.7. The maximum absolute atomic E-state index is 12.7. The van der Waals surface area contributed by atoms with Gasteiger partial charge in [-0.1, -0.05) is 23.4 Å². The first-order chi connectivity index (χ1) is 14.2. The summed E-state index contributed by atoms with van der Waals surface area (Å²) in [7, 11) is 0. The molecule has 0 amide bonds. The van der Waals surface area contributed by atoms with Crippen molar-refractivity contribution in [1.29, 1.82) is 0 Å². The van der Waals surface area contributed by atoms with E-state index in [9.17, 15) is 20.1 Å². The van der Waals surface area contributed by atoms with Crippen molar-refractivity contribution < 1.29 is 20.1 Å². The smallest absolute Gasteiger partial charge is 0.326 e. The van der Waals surface area contributed by atoms with Crippen LogP contribution in [-0.4, -0.2) is 56.6 Å². The van der Waals surface area contributed by atoms with Crippen LogP contribution in [0.3, 0.4) is 0 Å². The summed E-state index contributed by atoms with van der Waals surface area (Å²) in [4.78, 5) is 25.5. The van der Waals surface area contributed by atoms with Crippen LogP contribution in [0.4, 0.5) is 11.6 Å². The van der Waals surface area contributed by atoms with Crippen molar-refractivity contribution in [1.82, 2.24) is 15.0 Å². The molecular formula is C18H22ClN5O5S. The third-order valence-electron chi connectivity index (χ3n) is 5.59. The SMILES string of the molecule is Nc1nccc(Sc2nc(C(O)(O)O)c(N3CCC4(CCOC4)CC3)[nH]c2=O)c1Cl. The van der Waals surface area contributed by atoms with Gasteiger partial charge in [0, 0.05) is 30.8 Å². The number of hydrogen-bond acceptors (Lipinski definition) is 10. The van der Waals surface area contributed by atoms with Crippen molar-refractivity contribution in [2.45, 2.75) is 35.2 Å². The summed E-state index contributed by atoms with van der Waals surface area (Å²) >= 11 is 7.00. The van der Waals surface area contributed by atoms with Gasteiger partial charge < -0.3 is 35.7 Å². The second-order valence-corrected chi connectivity index (χ2v) is 9.01. The van der Waals surface area contributed by atoms with Gasteiger partial charge >= 0.3 is 5.97 Å². The molecule has 30 heavy (non-hydrogen) atoms. The van der Waals surface area contributed by atoms with Crippen LogP contribution in [0.2, 0.25) is 5.02 Å². The summed E-state index contributed by atoms with van der Waals surface area (Å²) in [5, 5.41) is 29.7. The summed E-state index contributed by atoms with van der Waals surface area (Å²) in [6, 6.07) is 1.55. The molecular weight excluding hydrogens is 434 g/mol. The summed E-state index contributed by atoms with van der Waals surface area (Å²) in [6.45, 7) is 2.56. The highest BCUT2D eigenvalue weighted by molar-refractivity contribution is 7.99. The fraction of sp³-hybridized carbons (Fsp3) is 0.500. The van der Waals surface area contributed by atoms with E-state index in [1.54, 1.807) is 11.0 Å². The van der Waals surface area contributed by atoms with Crippen molar-refractivity contribution in [3.8, 4) is 0 Å². The van der Waals surface area contributed by atoms with E-state index in [0.29, 0.717) is 24.6 Å². The molecule has 162 valence electrons. The van der Waals surface area contributed by atoms with Crippen LogP contribution in [0.25, 0.3) is 0 Å². The minimum Gasteiger partial charge on any atom is -0.382 e. The monoisotopic (exact) mass is 455 g/mol. The molecule has 0 radical (unpaired) electrons. The maximum Gasteiger partial charge on any atom is 0.326 e. The second kappa shape index (κ2) is 7.98.